The van der Waals surface area contributed by atoms with Gasteiger partial charge in [0.15, 0.2) is 7.55 Å². The molecule has 0 saturated heterocycles. The van der Waals surface area contributed by atoms with E-state index >= 15 is 0 Å². The zero-order valence-corrected chi connectivity index (χ0v) is 17.7. The van der Waals surface area contributed by atoms with Gasteiger partial charge in [0.2, 0.25) is 0 Å². The summed E-state index contributed by atoms with van der Waals surface area (Å²) < 4.78 is 3.97. The Hall–Kier alpha value is -2.29. The zero-order chi connectivity index (χ0) is 15.5. The first-order chi connectivity index (χ1) is 11.4. The van der Waals surface area contributed by atoms with Crippen LogP contribution in [-0.2, 0) is 0 Å². The summed E-state index contributed by atoms with van der Waals surface area (Å²) in [6, 6.07) is 11.9. The van der Waals surface area contributed by atoms with Crippen LogP contribution in [0, 0.1) is 0 Å². The molecule has 4 heterocycles. The Balaban J connectivity index is 0.00000169. The number of pyridine rings is 2. The second-order valence-electron chi connectivity index (χ2n) is 5.42. The summed E-state index contributed by atoms with van der Waals surface area (Å²) in [6.07, 6.45) is 11.1. The van der Waals surface area contributed by atoms with Gasteiger partial charge in [-0.15, -0.1) is 0 Å². The van der Waals surface area contributed by atoms with Gasteiger partial charge in [0.05, 0.1) is 11.4 Å². The van der Waals surface area contributed by atoms with Crippen molar-refractivity contribution in [3.63, 3.8) is 0 Å². The van der Waals surface area contributed by atoms with Crippen LogP contribution in [0.15, 0.2) is 73.6 Å². The Bertz CT molecular complexity index is 831. The maximum absolute atomic E-state index is 4.63. The van der Waals surface area contributed by atoms with Gasteiger partial charge in [-0.3, -0.25) is 9.97 Å². The van der Waals surface area contributed by atoms with Crippen molar-refractivity contribution in [3.05, 3.63) is 73.6 Å². The predicted molar refractivity (Wildman–Crippen MR) is 96.0 cm³/mol. The standard InChI is InChI=1S/C16H14BN6.Tl/c1-7-18-8-2-13(1)15-5-11-22(20-15)17-23-12-6-16(21-23)14-3-9-19-10-4-14;/h1-12H,17H2;/q-1;+1. The summed E-state index contributed by atoms with van der Waals surface area (Å²) in [7, 11) is -0.684. The molecule has 0 spiro atoms. The van der Waals surface area contributed by atoms with E-state index < -0.39 is 7.55 Å². The van der Waals surface area contributed by atoms with Crippen molar-refractivity contribution in [1.29, 1.82) is 0 Å². The zero-order valence-electron chi connectivity index (χ0n) is 13.2. The Morgan fingerprint density at radius 2 is 1.04 bits per heavy atom. The van der Waals surface area contributed by atoms with Crippen molar-refractivity contribution in [1.82, 2.24) is 29.4 Å². The van der Waals surface area contributed by atoms with Crippen molar-refractivity contribution in [2.45, 2.75) is 0 Å². The van der Waals surface area contributed by atoms with Crippen LogP contribution >= 0.6 is 0 Å². The third-order valence-corrected chi connectivity index (χ3v) is 3.79. The Kier molecular flexibility index (Phi) is 5.19. The van der Waals surface area contributed by atoms with Crippen molar-refractivity contribution < 1.29 is 0 Å². The van der Waals surface area contributed by atoms with Gasteiger partial charge in [0.1, 0.15) is 0 Å². The number of nitrogens with zero attached hydrogens (tertiary/aromatic N) is 6. The second kappa shape index (κ2) is 7.52. The van der Waals surface area contributed by atoms with E-state index in [-0.39, 0.29) is 27.3 Å². The molecule has 0 atom stereocenters. The van der Waals surface area contributed by atoms with E-state index in [1.54, 1.807) is 24.8 Å². The molecule has 0 amide bonds. The molecule has 4 aromatic heterocycles. The largest absolute Gasteiger partial charge is 1.00 e. The van der Waals surface area contributed by atoms with Crippen LogP contribution < -0.4 is 0 Å². The number of hydrogen-bond donors (Lipinski definition) is 0. The van der Waals surface area contributed by atoms with E-state index in [1.807, 2.05) is 58.0 Å². The van der Waals surface area contributed by atoms with E-state index in [0.717, 1.165) is 22.5 Å². The first-order valence-electron chi connectivity index (χ1n) is 7.52. The first kappa shape index (κ1) is 16.6. The summed E-state index contributed by atoms with van der Waals surface area (Å²) in [4.78, 5) is 8.06. The van der Waals surface area contributed by atoms with Crippen molar-refractivity contribution in [2.24, 2.45) is 0 Å². The molecule has 8 heteroatoms. The molecule has 0 saturated carbocycles. The Morgan fingerprint density at radius 1 is 0.625 bits per heavy atom. The average molecular weight is 506 g/mol. The quantitative estimate of drug-likeness (QED) is 0.392. The third-order valence-electron chi connectivity index (χ3n) is 3.79. The second-order valence-corrected chi connectivity index (χ2v) is 5.42. The van der Waals surface area contributed by atoms with Crippen molar-refractivity contribution >= 4 is 34.8 Å². The fourth-order valence-electron chi connectivity index (χ4n) is 2.62. The van der Waals surface area contributed by atoms with E-state index in [4.69, 9.17) is 0 Å². The van der Waals surface area contributed by atoms with Gasteiger partial charge in [-0.05, 0) is 48.8 Å². The topological polar surface area (TPSA) is 61.4 Å². The molecule has 114 valence electrons. The van der Waals surface area contributed by atoms with Gasteiger partial charge >= 0.3 is 27.3 Å². The van der Waals surface area contributed by atoms with E-state index in [2.05, 4.69) is 20.2 Å². The van der Waals surface area contributed by atoms with Gasteiger partial charge in [0.25, 0.3) is 0 Å². The van der Waals surface area contributed by atoms with Crippen molar-refractivity contribution in [3.8, 4) is 22.5 Å². The maximum atomic E-state index is 4.63. The molecule has 0 N–H and O–H groups in total. The molecule has 6 nitrogen and oxygen atoms in total. The minimum atomic E-state index is -0.684. The van der Waals surface area contributed by atoms with Crippen LogP contribution in [-0.4, -0.2) is 64.2 Å². The molecule has 4 aromatic rings. The molecule has 4 rings (SSSR count). The fourth-order valence-corrected chi connectivity index (χ4v) is 2.62. The van der Waals surface area contributed by atoms with Crippen LogP contribution in [0.5, 0.6) is 0 Å². The monoisotopic (exact) mass is 506 g/mol. The summed E-state index contributed by atoms with van der Waals surface area (Å²) >= 11 is 0. The summed E-state index contributed by atoms with van der Waals surface area (Å²) in [5.74, 6) is 0. The number of hydrogen-bond acceptors (Lipinski definition) is 4. The molecule has 0 aromatic carbocycles. The van der Waals surface area contributed by atoms with E-state index in [0.29, 0.717) is 0 Å². The minimum absolute atomic E-state index is 0. The normalized spacial score (nSPS) is 10.3. The van der Waals surface area contributed by atoms with E-state index in [1.165, 1.54) is 0 Å². The molecule has 0 bridgehead atoms. The third kappa shape index (κ3) is 3.61. The number of rotatable bonds is 4. The average Bonchev–Trinajstić information content (AvgIpc) is 3.27. The summed E-state index contributed by atoms with van der Waals surface area (Å²) in [6.45, 7) is 0. The van der Waals surface area contributed by atoms with Crippen LogP contribution in [0.25, 0.3) is 22.5 Å². The molecule has 24 heavy (non-hydrogen) atoms. The fraction of sp³-hybridized carbons (Fsp3) is 0. The van der Waals surface area contributed by atoms with Gasteiger partial charge in [-0.25, -0.2) is 10.2 Å². The molecular weight excluding hydrogens is 491 g/mol. The molecular formula is C16H14BN6Tl. The molecule has 0 fully saturated rings. The van der Waals surface area contributed by atoms with Crippen LogP contribution in [0.1, 0.15) is 0 Å². The summed E-state index contributed by atoms with van der Waals surface area (Å²) in [5.41, 5.74) is 4.06. The SMILES string of the molecule is [BH2-](n1ccc(-c2ccncc2)n1)n1ccc(-c2ccncc2)n1.[Tl+]. The van der Waals surface area contributed by atoms with Crippen LogP contribution in [0.4, 0.5) is 0 Å². The Labute approximate surface area is 160 Å². The molecule has 0 aliphatic rings. The van der Waals surface area contributed by atoms with E-state index in [9.17, 15) is 0 Å². The van der Waals surface area contributed by atoms with Crippen LogP contribution in [0.3, 0.4) is 0 Å². The van der Waals surface area contributed by atoms with Gasteiger partial charge in [-0.1, -0.05) is 0 Å². The Morgan fingerprint density at radius 3 is 1.46 bits per heavy atom. The predicted octanol–water partition coefficient (Wildman–Crippen LogP) is 1.22. The molecule has 0 aliphatic carbocycles. The first-order valence-corrected chi connectivity index (χ1v) is 7.52. The maximum Gasteiger partial charge on any atom is 1.00 e. The number of aromatic nitrogens is 6. The smallest absolute Gasteiger partial charge is 0.428 e. The molecule has 0 radical (unpaired) electrons. The van der Waals surface area contributed by atoms with Crippen molar-refractivity contribution in [2.75, 3.05) is 0 Å². The van der Waals surface area contributed by atoms with Gasteiger partial charge in [-0.2, -0.15) is 0 Å². The summed E-state index contributed by atoms with van der Waals surface area (Å²) in [5, 5.41) is 9.26. The molecule has 0 aliphatic heterocycles. The minimum Gasteiger partial charge on any atom is -0.428 e. The van der Waals surface area contributed by atoms with Gasteiger partial charge < -0.3 is 9.19 Å². The van der Waals surface area contributed by atoms with Gasteiger partial charge in [0, 0.05) is 35.9 Å². The van der Waals surface area contributed by atoms with Crippen LogP contribution in [0.2, 0.25) is 0 Å². The molecule has 0 unspecified atom stereocenters.